The Morgan fingerprint density at radius 2 is 2.13 bits per heavy atom. The van der Waals surface area contributed by atoms with Crippen molar-refractivity contribution >= 4 is 11.8 Å². The van der Waals surface area contributed by atoms with E-state index in [-0.39, 0.29) is 0 Å². The molecule has 0 saturated heterocycles. The van der Waals surface area contributed by atoms with Gasteiger partial charge in [0.1, 0.15) is 0 Å². The van der Waals surface area contributed by atoms with Crippen molar-refractivity contribution in [3.8, 4) is 0 Å². The number of thioether (sulfide) groups is 1. The van der Waals surface area contributed by atoms with Crippen LogP contribution in [0.2, 0.25) is 0 Å². The molecule has 1 rings (SSSR count). The summed E-state index contributed by atoms with van der Waals surface area (Å²) in [6.45, 7) is 1.61. The summed E-state index contributed by atoms with van der Waals surface area (Å²) in [6.07, 6.45) is 4.76. The summed E-state index contributed by atoms with van der Waals surface area (Å²) in [5.74, 6) is 0.999. The molecule has 84 valence electrons. The molecular formula is C10H17N3OS. The first-order valence-electron chi connectivity index (χ1n) is 4.94. The van der Waals surface area contributed by atoms with Gasteiger partial charge in [-0.05, 0) is 13.5 Å². The second-order valence-electron chi connectivity index (χ2n) is 3.10. The Morgan fingerprint density at radius 3 is 2.73 bits per heavy atom. The van der Waals surface area contributed by atoms with Crippen LogP contribution in [0.25, 0.3) is 0 Å². The number of nitrogens with zero attached hydrogens (tertiary/aromatic N) is 2. The molecular weight excluding hydrogens is 210 g/mol. The van der Waals surface area contributed by atoms with Crippen LogP contribution in [0, 0.1) is 0 Å². The van der Waals surface area contributed by atoms with Gasteiger partial charge in [0.15, 0.2) is 5.16 Å². The smallest absolute Gasteiger partial charge is 0.187 e. The quantitative estimate of drug-likeness (QED) is 0.432. The van der Waals surface area contributed by atoms with E-state index >= 15 is 0 Å². The maximum absolute atomic E-state index is 4.97. The van der Waals surface area contributed by atoms with Gasteiger partial charge in [-0.25, -0.2) is 9.97 Å². The number of aromatic nitrogens is 2. The zero-order valence-corrected chi connectivity index (χ0v) is 10.0. The molecule has 0 amide bonds. The van der Waals surface area contributed by atoms with E-state index in [1.165, 1.54) is 0 Å². The van der Waals surface area contributed by atoms with E-state index < -0.39 is 0 Å². The third kappa shape index (κ3) is 5.11. The molecule has 0 aliphatic carbocycles. The summed E-state index contributed by atoms with van der Waals surface area (Å²) in [5, 5.41) is 3.90. The van der Waals surface area contributed by atoms with E-state index in [4.69, 9.17) is 4.74 Å². The molecule has 0 atom stereocenters. The summed E-state index contributed by atoms with van der Waals surface area (Å²) in [6, 6.07) is 0. The van der Waals surface area contributed by atoms with Crippen LogP contribution in [0.15, 0.2) is 17.6 Å². The molecule has 4 nitrogen and oxygen atoms in total. The van der Waals surface area contributed by atoms with Gasteiger partial charge in [0.2, 0.25) is 0 Å². The van der Waals surface area contributed by atoms with Gasteiger partial charge in [-0.3, -0.25) is 0 Å². The average molecular weight is 227 g/mol. The Morgan fingerprint density at radius 1 is 1.40 bits per heavy atom. The Kier molecular flexibility index (Phi) is 6.31. The van der Waals surface area contributed by atoms with Crippen molar-refractivity contribution in [1.82, 2.24) is 15.3 Å². The van der Waals surface area contributed by atoms with Gasteiger partial charge in [0.25, 0.3) is 0 Å². The van der Waals surface area contributed by atoms with Crippen LogP contribution < -0.4 is 5.32 Å². The second kappa shape index (κ2) is 7.62. The van der Waals surface area contributed by atoms with Crippen LogP contribution in [0.5, 0.6) is 0 Å². The van der Waals surface area contributed by atoms with Gasteiger partial charge < -0.3 is 10.1 Å². The fourth-order valence-electron chi connectivity index (χ4n) is 1.08. The molecule has 0 aliphatic rings. The highest BCUT2D eigenvalue weighted by Crippen LogP contribution is 2.12. The maximum atomic E-state index is 4.97. The molecule has 15 heavy (non-hydrogen) atoms. The van der Waals surface area contributed by atoms with Crippen LogP contribution in [-0.2, 0) is 11.3 Å². The van der Waals surface area contributed by atoms with Crippen molar-refractivity contribution in [2.45, 2.75) is 18.1 Å². The lowest BCUT2D eigenvalue weighted by Gasteiger charge is -2.01. The molecule has 0 spiro atoms. The third-order valence-electron chi connectivity index (χ3n) is 1.79. The summed E-state index contributed by atoms with van der Waals surface area (Å²) < 4.78 is 4.97. The lowest BCUT2D eigenvalue weighted by molar-refractivity contribution is 0.200. The number of methoxy groups -OCH3 is 1. The van der Waals surface area contributed by atoms with Crippen LogP contribution in [0.4, 0.5) is 0 Å². The van der Waals surface area contributed by atoms with Crippen molar-refractivity contribution in [3.05, 3.63) is 18.0 Å². The van der Waals surface area contributed by atoms with Crippen molar-refractivity contribution in [2.75, 3.05) is 26.5 Å². The number of hydrogen-bond acceptors (Lipinski definition) is 5. The molecule has 5 heteroatoms. The standard InChI is InChI=1S/C10H17N3OS/c1-11-6-9-7-12-10(13-8-9)15-5-3-4-14-2/h7-8,11H,3-6H2,1-2H3. The fraction of sp³-hybridized carbons (Fsp3) is 0.600. The zero-order valence-electron chi connectivity index (χ0n) is 9.19. The predicted molar refractivity (Wildman–Crippen MR) is 62.0 cm³/mol. The van der Waals surface area contributed by atoms with Crippen molar-refractivity contribution < 1.29 is 4.74 Å². The minimum absolute atomic E-state index is 0.796. The Balaban J connectivity index is 2.29. The third-order valence-corrected chi connectivity index (χ3v) is 2.75. The number of rotatable bonds is 7. The van der Waals surface area contributed by atoms with Gasteiger partial charge in [-0.2, -0.15) is 0 Å². The topological polar surface area (TPSA) is 47.0 Å². The molecule has 0 fully saturated rings. The molecule has 0 saturated carbocycles. The predicted octanol–water partition coefficient (Wildman–Crippen LogP) is 1.32. The summed E-state index contributed by atoms with van der Waals surface area (Å²) in [7, 11) is 3.63. The van der Waals surface area contributed by atoms with Crippen molar-refractivity contribution in [3.63, 3.8) is 0 Å². The minimum atomic E-state index is 0.796. The van der Waals surface area contributed by atoms with E-state index in [1.807, 2.05) is 19.4 Å². The summed E-state index contributed by atoms with van der Waals surface area (Å²) in [5.41, 5.74) is 1.11. The van der Waals surface area contributed by atoms with Gasteiger partial charge >= 0.3 is 0 Å². The van der Waals surface area contributed by atoms with E-state index in [9.17, 15) is 0 Å². The molecule has 1 aromatic rings. The van der Waals surface area contributed by atoms with Crippen molar-refractivity contribution in [1.29, 1.82) is 0 Å². The molecule has 0 radical (unpaired) electrons. The fourth-order valence-corrected chi connectivity index (χ4v) is 1.78. The normalized spacial score (nSPS) is 10.5. The van der Waals surface area contributed by atoms with E-state index in [0.717, 1.165) is 36.0 Å². The molecule has 0 aliphatic heterocycles. The molecule has 0 aromatic carbocycles. The molecule has 1 aromatic heterocycles. The summed E-state index contributed by atoms with van der Waals surface area (Å²) in [4.78, 5) is 8.53. The average Bonchev–Trinajstić information content (AvgIpc) is 2.27. The Labute approximate surface area is 94.8 Å². The molecule has 0 bridgehead atoms. The van der Waals surface area contributed by atoms with E-state index in [1.54, 1.807) is 18.9 Å². The lowest BCUT2D eigenvalue weighted by Crippen LogP contribution is -2.06. The van der Waals surface area contributed by atoms with Gasteiger partial charge in [0.05, 0.1) is 0 Å². The molecule has 1 heterocycles. The van der Waals surface area contributed by atoms with Crippen LogP contribution in [-0.4, -0.2) is 36.5 Å². The Hall–Kier alpha value is -0.650. The number of ether oxygens (including phenoxy) is 1. The van der Waals surface area contributed by atoms with E-state index in [0.29, 0.717) is 0 Å². The van der Waals surface area contributed by atoms with Gasteiger partial charge in [-0.1, -0.05) is 11.8 Å². The van der Waals surface area contributed by atoms with Crippen LogP contribution >= 0.6 is 11.8 Å². The highest BCUT2D eigenvalue weighted by molar-refractivity contribution is 7.99. The number of hydrogen-bond donors (Lipinski definition) is 1. The van der Waals surface area contributed by atoms with Gasteiger partial charge in [-0.15, -0.1) is 0 Å². The molecule has 1 N–H and O–H groups in total. The first-order valence-corrected chi connectivity index (χ1v) is 5.92. The van der Waals surface area contributed by atoms with Crippen LogP contribution in [0.3, 0.4) is 0 Å². The van der Waals surface area contributed by atoms with Crippen molar-refractivity contribution in [2.24, 2.45) is 0 Å². The SMILES string of the molecule is CNCc1cnc(SCCCOC)nc1. The highest BCUT2D eigenvalue weighted by atomic mass is 32.2. The van der Waals surface area contributed by atoms with Crippen LogP contribution in [0.1, 0.15) is 12.0 Å². The Bertz CT molecular complexity index is 266. The van der Waals surface area contributed by atoms with E-state index in [2.05, 4.69) is 15.3 Å². The summed E-state index contributed by atoms with van der Waals surface area (Å²) >= 11 is 1.66. The number of nitrogens with one attached hydrogen (secondary N) is 1. The highest BCUT2D eigenvalue weighted by Gasteiger charge is 1.98. The second-order valence-corrected chi connectivity index (χ2v) is 4.16. The maximum Gasteiger partial charge on any atom is 0.187 e. The monoisotopic (exact) mass is 227 g/mol. The zero-order chi connectivity index (χ0) is 10.9. The van der Waals surface area contributed by atoms with Gasteiger partial charge in [0, 0.05) is 44.0 Å². The minimum Gasteiger partial charge on any atom is -0.385 e. The molecule has 0 unspecified atom stereocenters. The largest absolute Gasteiger partial charge is 0.385 e. The lowest BCUT2D eigenvalue weighted by atomic mass is 10.3. The first kappa shape index (κ1) is 12.4. The first-order chi connectivity index (χ1) is 7.36.